The number of carbonyl (C=O) groups is 3. The molecule has 1 aliphatic rings. The lowest BCUT2D eigenvalue weighted by atomic mass is 10.1. The highest BCUT2D eigenvalue weighted by molar-refractivity contribution is 8.18. The van der Waals surface area contributed by atoms with E-state index < -0.39 is 22.0 Å². The lowest BCUT2D eigenvalue weighted by molar-refractivity contribution is -0.384. The molecule has 1 N–H and O–H groups in total. The average molecular weight is 510 g/mol. The van der Waals surface area contributed by atoms with E-state index in [-0.39, 0.29) is 29.5 Å². The molecule has 1 aliphatic heterocycles. The van der Waals surface area contributed by atoms with Crippen LogP contribution in [-0.4, -0.2) is 39.2 Å². The Balaban J connectivity index is 1.47. The number of carboxylic acid groups (broad SMARTS) is 1. The number of carbonyl (C=O) groups excluding carboxylic acids is 2. The highest BCUT2D eigenvalue weighted by atomic mass is 32.2. The van der Waals surface area contributed by atoms with E-state index in [9.17, 15) is 24.5 Å². The minimum Gasteiger partial charge on any atom is -0.493 e. The predicted molar refractivity (Wildman–Crippen MR) is 128 cm³/mol. The molecule has 3 aromatic rings. The molecular formula is C24H18N2O9S. The minimum absolute atomic E-state index is 0.0283. The van der Waals surface area contributed by atoms with Crippen molar-refractivity contribution < 1.29 is 38.3 Å². The molecule has 184 valence electrons. The van der Waals surface area contributed by atoms with Gasteiger partial charge in [0, 0.05) is 12.1 Å². The van der Waals surface area contributed by atoms with Gasteiger partial charge >= 0.3 is 5.97 Å². The third-order valence-electron chi connectivity index (χ3n) is 5.06. The Kier molecular flexibility index (Phi) is 7.06. The number of furan rings is 1. The van der Waals surface area contributed by atoms with E-state index in [2.05, 4.69) is 0 Å². The van der Waals surface area contributed by atoms with Crippen molar-refractivity contribution in [2.75, 3.05) is 7.11 Å². The number of hydrogen-bond donors (Lipinski definition) is 1. The van der Waals surface area contributed by atoms with E-state index >= 15 is 0 Å². The third kappa shape index (κ3) is 5.39. The molecule has 12 heteroatoms. The fourth-order valence-electron chi connectivity index (χ4n) is 3.35. The van der Waals surface area contributed by atoms with E-state index in [1.165, 1.54) is 43.5 Å². The van der Waals surface area contributed by atoms with Gasteiger partial charge in [-0.3, -0.25) is 24.6 Å². The molecule has 0 saturated carbocycles. The fraction of sp³-hybridized carbons (Fsp3) is 0.125. The molecule has 11 nitrogen and oxygen atoms in total. The zero-order valence-electron chi connectivity index (χ0n) is 18.7. The van der Waals surface area contributed by atoms with Crippen LogP contribution in [0.15, 0.2) is 63.9 Å². The van der Waals surface area contributed by atoms with Crippen LogP contribution >= 0.6 is 11.8 Å². The molecule has 0 radical (unpaired) electrons. The summed E-state index contributed by atoms with van der Waals surface area (Å²) in [7, 11) is 1.44. The molecule has 0 spiro atoms. The smallest absolute Gasteiger partial charge is 0.371 e. The van der Waals surface area contributed by atoms with E-state index in [1.54, 1.807) is 24.3 Å². The molecule has 1 saturated heterocycles. The van der Waals surface area contributed by atoms with Gasteiger partial charge in [-0.15, -0.1) is 0 Å². The van der Waals surface area contributed by atoms with Gasteiger partial charge in [0.15, 0.2) is 11.5 Å². The SMILES string of the molecule is COc1cc(/C=C2\SC(=O)N(Cc3cccc([N+](=O)[O-])c3)C2=O)ccc1OCc1ccc(C(=O)O)o1. The number of imide groups is 1. The number of nitro groups is 1. The molecule has 36 heavy (non-hydrogen) atoms. The Morgan fingerprint density at radius 3 is 2.67 bits per heavy atom. The number of nitro benzene ring substituents is 1. The number of non-ortho nitro benzene ring substituents is 1. The molecule has 0 atom stereocenters. The number of amides is 2. The van der Waals surface area contributed by atoms with Crippen LogP contribution in [0.4, 0.5) is 10.5 Å². The van der Waals surface area contributed by atoms with Crippen molar-refractivity contribution in [3.63, 3.8) is 0 Å². The van der Waals surface area contributed by atoms with Crippen LogP contribution < -0.4 is 9.47 Å². The van der Waals surface area contributed by atoms with Crippen molar-refractivity contribution in [3.8, 4) is 11.5 Å². The first-order valence-corrected chi connectivity index (χ1v) is 11.2. The van der Waals surface area contributed by atoms with Gasteiger partial charge in [-0.2, -0.15) is 0 Å². The number of benzene rings is 2. The van der Waals surface area contributed by atoms with Crippen molar-refractivity contribution in [2.45, 2.75) is 13.2 Å². The van der Waals surface area contributed by atoms with Gasteiger partial charge in [0.2, 0.25) is 5.76 Å². The molecule has 4 rings (SSSR count). The van der Waals surface area contributed by atoms with Gasteiger partial charge in [-0.05, 0) is 53.2 Å². The zero-order valence-corrected chi connectivity index (χ0v) is 19.5. The van der Waals surface area contributed by atoms with Crippen LogP contribution in [0.25, 0.3) is 6.08 Å². The van der Waals surface area contributed by atoms with E-state index in [0.29, 0.717) is 28.4 Å². The van der Waals surface area contributed by atoms with Gasteiger partial charge < -0.3 is 19.0 Å². The lowest BCUT2D eigenvalue weighted by Crippen LogP contribution is -2.27. The molecule has 2 aromatic carbocycles. The molecule has 1 aromatic heterocycles. The second kappa shape index (κ2) is 10.4. The largest absolute Gasteiger partial charge is 0.493 e. The van der Waals surface area contributed by atoms with Crippen molar-refractivity contribution in [3.05, 3.63) is 92.3 Å². The molecule has 1 fully saturated rings. The van der Waals surface area contributed by atoms with Crippen LogP contribution in [0.2, 0.25) is 0 Å². The summed E-state index contributed by atoms with van der Waals surface area (Å²) in [5.41, 5.74) is 0.910. The van der Waals surface area contributed by atoms with E-state index in [1.807, 2.05) is 0 Å². The summed E-state index contributed by atoms with van der Waals surface area (Å²) in [6.07, 6.45) is 1.54. The first-order chi connectivity index (χ1) is 17.2. The average Bonchev–Trinajstić information content (AvgIpc) is 3.44. The monoisotopic (exact) mass is 510 g/mol. The summed E-state index contributed by atoms with van der Waals surface area (Å²) < 4.78 is 16.2. The summed E-state index contributed by atoms with van der Waals surface area (Å²) >= 11 is 0.768. The highest BCUT2D eigenvalue weighted by Crippen LogP contribution is 2.35. The van der Waals surface area contributed by atoms with Crippen molar-refractivity contribution in [2.24, 2.45) is 0 Å². The number of carboxylic acids is 1. The molecular weight excluding hydrogens is 492 g/mol. The Morgan fingerprint density at radius 2 is 1.97 bits per heavy atom. The molecule has 2 amide bonds. The maximum absolute atomic E-state index is 12.8. The summed E-state index contributed by atoms with van der Waals surface area (Å²) in [6, 6.07) is 13.5. The van der Waals surface area contributed by atoms with Crippen LogP contribution in [0, 0.1) is 10.1 Å². The van der Waals surface area contributed by atoms with E-state index in [4.69, 9.17) is 19.0 Å². The topological polar surface area (TPSA) is 149 Å². The minimum atomic E-state index is -1.18. The van der Waals surface area contributed by atoms with Gasteiger partial charge in [-0.25, -0.2) is 4.79 Å². The number of methoxy groups -OCH3 is 1. The maximum atomic E-state index is 12.8. The Labute approximate surface area is 208 Å². The number of ether oxygens (including phenoxy) is 2. The number of nitrogens with zero attached hydrogens (tertiary/aromatic N) is 2. The van der Waals surface area contributed by atoms with Crippen molar-refractivity contribution in [1.82, 2.24) is 4.90 Å². The first kappa shape index (κ1) is 24.5. The van der Waals surface area contributed by atoms with Gasteiger partial charge in [-0.1, -0.05) is 18.2 Å². The second-order valence-corrected chi connectivity index (χ2v) is 8.46. The normalized spacial score (nSPS) is 14.4. The quantitative estimate of drug-likeness (QED) is 0.243. The van der Waals surface area contributed by atoms with Gasteiger partial charge in [0.25, 0.3) is 16.8 Å². The van der Waals surface area contributed by atoms with Gasteiger partial charge in [0.1, 0.15) is 12.4 Å². The van der Waals surface area contributed by atoms with Crippen LogP contribution in [0.1, 0.15) is 27.4 Å². The number of hydrogen-bond acceptors (Lipinski definition) is 9. The summed E-state index contributed by atoms with van der Waals surface area (Å²) in [6.45, 7) is -0.115. The van der Waals surface area contributed by atoms with Crippen LogP contribution in [0.5, 0.6) is 11.5 Å². The molecule has 2 heterocycles. The molecule has 0 unspecified atom stereocenters. The first-order valence-electron chi connectivity index (χ1n) is 10.4. The van der Waals surface area contributed by atoms with E-state index in [0.717, 1.165) is 16.7 Å². The predicted octanol–water partition coefficient (Wildman–Crippen LogP) is 4.71. The molecule has 0 bridgehead atoms. The lowest BCUT2D eigenvalue weighted by Gasteiger charge is -2.12. The summed E-state index contributed by atoms with van der Waals surface area (Å²) in [4.78, 5) is 47.9. The third-order valence-corrected chi connectivity index (χ3v) is 5.97. The van der Waals surface area contributed by atoms with Crippen LogP contribution in [-0.2, 0) is 17.9 Å². The highest BCUT2D eigenvalue weighted by Gasteiger charge is 2.35. The van der Waals surface area contributed by atoms with Crippen LogP contribution in [0.3, 0.4) is 0 Å². The number of rotatable bonds is 9. The molecule has 0 aliphatic carbocycles. The Bertz CT molecular complexity index is 1400. The standard InChI is InChI=1S/C24H18N2O9S/c1-33-20-10-14(5-7-18(20)34-13-17-6-8-19(35-17)23(28)29)11-21-22(27)25(24(30)36-21)12-15-3-2-4-16(9-15)26(31)32/h2-11H,12-13H2,1H3,(H,28,29)/b21-11-. The van der Waals surface area contributed by atoms with Crippen molar-refractivity contribution in [1.29, 1.82) is 0 Å². The Hall–Kier alpha value is -4.58. The fourth-order valence-corrected chi connectivity index (χ4v) is 4.19. The van der Waals surface area contributed by atoms with Gasteiger partial charge in [0.05, 0.1) is 23.5 Å². The summed E-state index contributed by atoms with van der Waals surface area (Å²) in [5.74, 6) is -0.863. The zero-order chi connectivity index (χ0) is 25.8. The van der Waals surface area contributed by atoms with Crippen molar-refractivity contribution >= 4 is 40.6 Å². The summed E-state index contributed by atoms with van der Waals surface area (Å²) in [5, 5.41) is 19.4. The maximum Gasteiger partial charge on any atom is 0.371 e. The number of aromatic carboxylic acids is 1. The second-order valence-electron chi connectivity index (χ2n) is 7.46. The number of thioether (sulfide) groups is 1. The Morgan fingerprint density at radius 1 is 1.17 bits per heavy atom.